The third kappa shape index (κ3) is 3.60. The molecule has 0 saturated carbocycles. The smallest absolute Gasteiger partial charge is 0.315 e. The van der Waals surface area contributed by atoms with E-state index in [1.807, 2.05) is 0 Å². The fraction of sp³-hybridized carbons (Fsp3) is 0.250. The van der Waals surface area contributed by atoms with E-state index < -0.39 is 11.8 Å². The largest absolute Gasteiger partial charge is 0.466 e. The minimum atomic E-state index is -0.446. The number of esters is 1. The topological polar surface area (TPSA) is 65.2 Å². The first kappa shape index (κ1) is 13.7. The lowest BCUT2D eigenvalue weighted by Crippen LogP contribution is -2.07. The van der Waals surface area contributed by atoms with Crippen molar-refractivity contribution in [2.24, 2.45) is 0 Å². The summed E-state index contributed by atoms with van der Waals surface area (Å²) in [5.74, 6) is -0.507. The van der Waals surface area contributed by atoms with Gasteiger partial charge in [-0.15, -0.1) is 0 Å². The van der Waals surface area contributed by atoms with Gasteiger partial charge in [0.1, 0.15) is 12.2 Å². The third-order valence-corrected chi connectivity index (χ3v) is 2.65. The highest BCUT2D eigenvalue weighted by Gasteiger charge is 2.14. The summed E-state index contributed by atoms with van der Waals surface area (Å²) in [5, 5.41) is 3.70. The molecule has 0 saturated heterocycles. The van der Waals surface area contributed by atoms with E-state index in [0.29, 0.717) is 10.0 Å². The summed E-state index contributed by atoms with van der Waals surface area (Å²) in [7, 11) is 0. The first-order valence-electron chi connectivity index (χ1n) is 5.53. The molecule has 2 rings (SSSR count). The van der Waals surface area contributed by atoms with Crippen LogP contribution >= 0.6 is 15.9 Å². The van der Waals surface area contributed by atoms with E-state index in [2.05, 4.69) is 26.1 Å². The molecule has 100 valence electrons. The van der Waals surface area contributed by atoms with E-state index in [0.717, 1.165) is 0 Å². The van der Waals surface area contributed by atoms with Crippen LogP contribution < -0.4 is 0 Å². The maximum atomic E-state index is 13.2. The molecule has 0 spiro atoms. The number of rotatable bonds is 4. The Kier molecular flexibility index (Phi) is 4.26. The average Bonchev–Trinajstić information content (AvgIpc) is 2.76. The van der Waals surface area contributed by atoms with E-state index in [4.69, 9.17) is 9.26 Å². The lowest BCUT2D eigenvalue weighted by atomic mass is 10.2. The van der Waals surface area contributed by atoms with Gasteiger partial charge in [-0.3, -0.25) is 4.79 Å². The van der Waals surface area contributed by atoms with Crippen molar-refractivity contribution in [1.29, 1.82) is 0 Å². The lowest BCUT2D eigenvalue weighted by molar-refractivity contribution is -0.142. The van der Waals surface area contributed by atoms with Gasteiger partial charge in [0.2, 0.25) is 11.7 Å². The monoisotopic (exact) mass is 328 g/mol. The molecule has 2 aromatic rings. The minimum absolute atomic E-state index is 0.0999. The standard InChI is InChI=1S/C12H10BrFN2O3/c1-2-18-11(17)6-10-15-12(16-19-10)7-3-8(13)5-9(14)4-7/h3-5H,2,6H2,1H3. The predicted octanol–water partition coefficient (Wildman–Crippen LogP) is 2.74. The summed E-state index contributed by atoms with van der Waals surface area (Å²) in [6.45, 7) is 2.00. The molecule has 0 radical (unpaired) electrons. The summed E-state index contributed by atoms with van der Waals surface area (Å²) >= 11 is 3.18. The number of aromatic nitrogens is 2. The summed E-state index contributed by atoms with van der Waals surface area (Å²) in [5.41, 5.74) is 0.464. The van der Waals surface area contributed by atoms with Crippen LogP contribution in [0.3, 0.4) is 0 Å². The molecular weight excluding hydrogens is 319 g/mol. The van der Waals surface area contributed by atoms with Crippen molar-refractivity contribution >= 4 is 21.9 Å². The second-order valence-corrected chi connectivity index (χ2v) is 4.57. The fourth-order valence-corrected chi connectivity index (χ4v) is 1.93. The third-order valence-electron chi connectivity index (χ3n) is 2.19. The first-order valence-corrected chi connectivity index (χ1v) is 6.32. The molecule has 0 N–H and O–H groups in total. The van der Waals surface area contributed by atoms with Gasteiger partial charge < -0.3 is 9.26 Å². The molecule has 0 aliphatic heterocycles. The molecule has 0 fully saturated rings. The maximum Gasteiger partial charge on any atom is 0.315 e. The Bertz CT molecular complexity index is 580. The molecule has 7 heteroatoms. The van der Waals surface area contributed by atoms with E-state index >= 15 is 0 Å². The number of ether oxygens (including phenoxy) is 1. The highest BCUT2D eigenvalue weighted by atomic mass is 79.9. The van der Waals surface area contributed by atoms with Crippen LogP contribution in [0.2, 0.25) is 0 Å². The highest BCUT2D eigenvalue weighted by molar-refractivity contribution is 9.10. The van der Waals surface area contributed by atoms with Gasteiger partial charge in [-0.2, -0.15) is 4.98 Å². The molecule has 0 aliphatic rings. The van der Waals surface area contributed by atoms with Crippen molar-refractivity contribution in [2.45, 2.75) is 13.3 Å². The van der Waals surface area contributed by atoms with Gasteiger partial charge in [-0.25, -0.2) is 4.39 Å². The van der Waals surface area contributed by atoms with Crippen molar-refractivity contribution < 1.29 is 18.4 Å². The van der Waals surface area contributed by atoms with Crippen LogP contribution in [-0.4, -0.2) is 22.7 Å². The predicted molar refractivity (Wildman–Crippen MR) is 67.7 cm³/mol. The van der Waals surface area contributed by atoms with E-state index in [9.17, 15) is 9.18 Å². The summed E-state index contributed by atoms with van der Waals surface area (Å²) in [6.07, 6.45) is -0.0999. The summed E-state index contributed by atoms with van der Waals surface area (Å²) in [6, 6.07) is 4.26. The first-order chi connectivity index (χ1) is 9.08. The number of hydrogen-bond acceptors (Lipinski definition) is 5. The van der Waals surface area contributed by atoms with Gasteiger partial charge in [0.05, 0.1) is 6.61 Å². The quantitative estimate of drug-likeness (QED) is 0.807. The molecule has 0 atom stereocenters. The summed E-state index contributed by atoms with van der Waals surface area (Å²) < 4.78 is 23.5. The second-order valence-electron chi connectivity index (χ2n) is 3.65. The highest BCUT2D eigenvalue weighted by Crippen LogP contribution is 2.22. The lowest BCUT2D eigenvalue weighted by Gasteiger charge is -1.97. The number of carbonyl (C=O) groups is 1. The van der Waals surface area contributed by atoms with Crippen LogP contribution in [0.4, 0.5) is 4.39 Å². The SMILES string of the molecule is CCOC(=O)Cc1nc(-c2cc(F)cc(Br)c2)no1. The van der Waals surface area contributed by atoms with Crippen LogP contribution in [0.25, 0.3) is 11.4 Å². The number of benzene rings is 1. The Morgan fingerprint density at radius 3 is 2.95 bits per heavy atom. The van der Waals surface area contributed by atoms with Gasteiger partial charge in [0, 0.05) is 10.0 Å². The van der Waals surface area contributed by atoms with Gasteiger partial charge in [-0.05, 0) is 25.1 Å². The van der Waals surface area contributed by atoms with Gasteiger partial charge >= 0.3 is 5.97 Å². The number of nitrogens with zero attached hydrogens (tertiary/aromatic N) is 2. The molecule has 19 heavy (non-hydrogen) atoms. The number of halogens is 2. The van der Waals surface area contributed by atoms with Crippen LogP contribution in [0, 0.1) is 5.82 Å². The van der Waals surface area contributed by atoms with Crippen molar-refractivity contribution in [2.75, 3.05) is 6.61 Å². The van der Waals surface area contributed by atoms with E-state index in [1.54, 1.807) is 13.0 Å². The van der Waals surface area contributed by atoms with Gasteiger partial charge in [-0.1, -0.05) is 21.1 Å². The Hall–Kier alpha value is -1.76. The van der Waals surface area contributed by atoms with Crippen molar-refractivity contribution in [3.8, 4) is 11.4 Å². The molecule has 1 aromatic heterocycles. The number of hydrogen-bond donors (Lipinski definition) is 0. The second kappa shape index (κ2) is 5.92. The zero-order valence-corrected chi connectivity index (χ0v) is 11.6. The minimum Gasteiger partial charge on any atom is -0.466 e. The van der Waals surface area contributed by atoms with Crippen LogP contribution in [0.15, 0.2) is 27.2 Å². The molecule has 0 bridgehead atoms. The molecule has 5 nitrogen and oxygen atoms in total. The molecule has 0 amide bonds. The Labute approximate surface area is 116 Å². The molecule has 1 aromatic carbocycles. The van der Waals surface area contributed by atoms with Gasteiger partial charge in [0.25, 0.3) is 0 Å². The zero-order chi connectivity index (χ0) is 13.8. The van der Waals surface area contributed by atoms with Gasteiger partial charge in [0.15, 0.2) is 0 Å². The van der Waals surface area contributed by atoms with E-state index in [1.165, 1.54) is 12.1 Å². The molecule has 0 aliphatic carbocycles. The van der Waals surface area contributed by atoms with Crippen LogP contribution in [-0.2, 0) is 16.0 Å². The molecule has 1 heterocycles. The van der Waals surface area contributed by atoms with E-state index in [-0.39, 0.29) is 24.7 Å². The maximum absolute atomic E-state index is 13.2. The Morgan fingerprint density at radius 1 is 1.47 bits per heavy atom. The molecule has 0 unspecified atom stereocenters. The Morgan fingerprint density at radius 2 is 2.26 bits per heavy atom. The van der Waals surface area contributed by atoms with Crippen LogP contribution in [0.5, 0.6) is 0 Å². The van der Waals surface area contributed by atoms with Crippen LogP contribution in [0.1, 0.15) is 12.8 Å². The Balaban J connectivity index is 2.18. The number of carbonyl (C=O) groups excluding carboxylic acids is 1. The zero-order valence-electron chi connectivity index (χ0n) is 10.0. The normalized spacial score (nSPS) is 10.5. The average molecular weight is 329 g/mol. The van der Waals surface area contributed by atoms with Crippen molar-refractivity contribution in [3.05, 3.63) is 34.4 Å². The summed E-state index contributed by atoms with van der Waals surface area (Å²) in [4.78, 5) is 15.3. The fourth-order valence-electron chi connectivity index (χ4n) is 1.46. The molecular formula is C12H10BrFN2O3. The van der Waals surface area contributed by atoms with Crippen molar-refractivity contribution in [1.82, 2.24) is 10.1 Å². The van der Waals surface area contributed by atoms with Crippen molar-refractivity contribution in [3.63, 3.8) is 0 Å².